The smallest absolute Gasteiger partial charge is 0.258 e. The first kappa shape index (κ1) is 17.7. The fourth-order valence-corrected chi connectivity index (χ4v) is 4.54. The van der Waals surface area contributed by atoms with E-state index in [-0.39, 0.29) is 11.9 Å². The van der Waals surface area contributed by atoms with Crippen LogP contribution in [-0.2, 0) is 6.42 Å². The highest BCUT2D eigenvalue weighted by atomic mass is 16.2. The molecule has 0 fully saturated rings. The molecule has 1 atom stereocenters. The van der Waals surface area contributed by atoms with Crippen LogP contribution in [0.15, 0.2) is 79.0 Å². The van der Waals surface area contributed by atoms with E-state index in [0.717, 1.165) is 13.0 Å². The van der Waals surface area contributed by atoms with E-state index in [0.29, 0.717) is 5.56 Å². The number of fused-ring (bicyclic) bond motifs is 2. The Labute approximate surface area is 171 Å². The molecule has 29 heavy (non-hydrogen) atoms. The second kappa shape index (κ2) is 7.25. The lowest BCUT2D eigenvalue weighted by molar-refractivity contribution is 0.0787. The van der Waals surface area contributed by atoms with Gasteiger partial charge in [0.15, 0.2) is 0 Å². The van der Waals surface area contributed by atoms with Gasteiger partial charge in [0.25, 0.3) is 5.91 Å². The van der Waals surface area contributed by atoms with Crippen molar-refractivity contribution >= 4 is 17.7 Å². The molecular weight excluding hydrogens is 356 g/mol. The average molecular weight is 380 g/mol. The molecule has 2 aliphatic rings. The Hall–Kier alpha value is -3.33. The zero-order valence-corrected chi connectivity index (χ0v) is 16.6. The van der Waals surface area contributed by atoms with E-state index in [2.05, 4.69) is 54.4 Å². The number of hydrogen-bond acceptors (Lipinski definition) is 2. The van der Waals surface area contributed by atoms with Crippen LogP contribution < -0.4 is 4.90 Å². The van der Waals surface area contributed by atoms with Crippen molar-refractivity contribution in [3.8, 4) is 0 Å². The van der Waals surface area contributed by atoms with E-state index >= 15 is 0 Å². The molecule has 0 bridgehead atoms. The summed E-state index contributed by atoms with van der Waals surface area (Å²) in [6, 6.07) is 24.5. The molecule has 3 aromatic rings. The quantitative estimate of drug-likeness (QED) is 0.603. The molecule has 0 N–H and O–H groups in total. The fourth-order valence-electron chi connectivity index (χ4n) is 4.54. The molecule has 0 spiro atoms. The Morgan fingerprint density at radius 1 is 0.966 bits per heavy atom. The van der Waals surface area contributed by atoms with Gasteiger partial charge in [0.2, 0.25) is 0 Å². The van der Waals surface area contributed by atoms with E-state index in [1.807, 2.05) is 47.5 Å². The van der Waals surface area contributed by atoms with Crippen molar-refractivity contribution in [2.45, 2.75) is 18.9 Å². The van der Waals surface area contributed by atoms with Gasteiger partial charge >= 0.3 is 0 Å². The maximum Gasteiger partial charge on any atom is 0.258 e. The molecule has 2 aliphatic heterocycles. The molecule has 0 aromatic heterocycles. The van der Waals surface area contributed by atoms with Gasteiger partial charge in [0.05, 0.1) is 6.04 Å². The van der Waals surface area contributed by atoms with Crippen LogP contribution in [0.4, 0.5) is 5.69 Å². The van der Waals surface area contributed by atoms with Crippen molar-refractivity contribution in [3.63, 3.8) is 0 Å². The summed E-state index contributed by atoms with van der Waals surface area (Å²) in [6.07, 6.45) is 6.23. The minimum atomic E-state index is -0.124. The third-order valence-electron chi connectivity index (χ3n) is 6.01. The fraction of sp³-hybridized carbons (Fsp3) is 0.192. The van der Waals surface area contributed by atoms with Crippen LogP contribution in [0.1, 0.15) is 45.1 Å². The van der Waals surface area contributed by atoms with Crippen molar-refractivity contribution < 1.29 is 4.79 Å². The van der Waals surface area contributed by atoms with Crippen LogP contribution in [0.2, 0.25) is 0 Å². The van der Waals surface area contributed by atoms with Crippen LogP contribution in [0.25, 0.3) is 6.08 Å². The highest BCUT2D eigenvalue weighted by Gasteiger charge is 2.30. The zero-order valence-electron chi connectivity index (χ0n) is 16.6. The van der Waals surface area contributed by atoms with Crippen LogP contribution >= 0.6 is 0 Å². The predicted molar refractivity (Wildman–Crippen MR) is 118 cm³/mol. The maximum absolute atomic E-state index is 13.4. The van der Waals surface area contributed by atoms with Crippen molar-refractivity contribution in [1.29, 1.82) is 0 Å². The molecule has 144 valence electrons. The van der Waals surface area contributed by atoms with Gasteiger partial charge in [-0.3, -0.25) is 4.79 Å². The minimum Gasteiger partial charge on any atom is -0.374 e. The maximum atomic E-state index is 13.4. The number of carbonyl (C=O) groups is 1. The van der Waals surface area contributed by atoms with E-state index in [9.17, 15) is 4.79 Å². The Kier molecular flexibility index (Phi) is 4.44. The zero-order chi connectivity index (χ0) is 19.8. The van der Waals surface area contributed by atoms with Gasteiger partial charge in [-0.2, -0.15) is 0 Å². The molecule has 0 saturated heterocycles. The second-order valence-corrected chi connectivity index (χ2v) is 7.84. The topological polar surface area (TPSA) is 23.6 Å². The summed E-state index contributed by atoms with van der Waals surface area (Å²) in [5.74, 6) is 0.0243. The third kappa shape index (κ3) is 3.13. The number of amides is 1. The molecule has 0 aliphatic carbocycles. The largest absolute Gasteiger partial charge is 0.374 e. The summed E-state index contributed by atoms with van der Waals surface area (Å²) >= 11 is 0. The average Bonchev–Trinajstić information content (AvgIpc) is 2.78. The number of aryl methyl sites for hydroxylation is 1. The number of hydrogen-bond donors (Lipinski definition) is 0. The highest BCUT2D eigenvalue weighted by Crippen LogP contribution is 2.38. The molecule has 0 saturated carbocycles. The first-order valence-electron chi connectivity index (χ1n) is 10.2. The summed E-state index contributed by atoms with van der Waals surface area (Å²) in [4.78, 5) is 17.6. The van der Waals surface area contributed by atoms with E-state index in [1.54, 1.807) is 0 Å². The Bertz CT molecular complexity index is 1090. The molecular formula is C26H24N2O. The van der Waals surface area contributed by atoms with Crippen LogP contribution in [0.3, 0.4) is 0 Å². The lowest BCUT2D eigenvalue weighted by Crippen LogP contribution is -2.33. The van der Waals surface area contributed by atoms with Crippen molar-refractivity contribution in [2.24, 2.45) is 0 Å². The minimum absolute atomic E-state index is 0.0243. The van der Waals surface area contributed by atoms with Gasteiger partial charge in [0.1, 0.15) is 0 Å². The first-order valence-corrected chi connectivity index (χ1v) is 10.2. The third-order valence-corrected chi connectivity index (χ3v) is 6.01. The van der Waals surface area contributed by atoms with Gasteiger partial charge in [-0.25, -0.2) is 0 Å². The second-order valence-electron chi connectivity index (χ2n) is 7.84. The highest BCUT2D eigenvalue weighted by molar-refractivity contribution is 5.96. The molecule has 5 rings (SSSR count). The molecule has 1 amide bonds. The van der Waals surface area contributed by atoms with Crippen molar-refractivity contribution in [3.05, 3.63) is 107 Å². The van der Waals surface area contributed by atoms with Crippen molar-refractivity contribution in [2.75, 3.05) is 18.5 Å². The monoisotopic (exact) mass is 380 g/mol. The van der Waals surface area contributed by atoms with Gasteiger partial charge in [-0.05, 0) is 59.4 Å². The predicted octanol–water partition coefficient (Wildman–Crippen LogP) is 5.29. The van der Waals surface area contributed by atoms with E-state index < -0.39 is 0 Å². The molecule has 3 heteroatoms. The van der Waals surface area contributed by atoms with E-state index in [1.165, 1.54) is 34.4 Å². The number of carbonyl (C=O) groups excluding carboxylic acids is 1. The van der Waals surface area contributed by atoms with Crippen LogP contribution in [0.5, 0.6) is 0 Å². The molecule has 0 unspecified atom stereocenters. The lowest BCUT2D eigenvalue weighted by atomic mass is 9.88. The Morgan fingerprint density at radius 3 is 2.62 bits per heavy atom. The van der Waals surface area contributed by atoms with Gasteiger partial charge in [0, 0.05) is 31.0 Å². The molecule has 0 radical (unpaired) electrons. The summed E-state index contributed by atoms with van der Waals surface area (Å²) < 4.78 is 0. The lowest BCUT2D eigenvalue weighted by Gasteiger charge is -2.35. The Morgan fingerprint density at radius 2 is 1.76 bits per heavy atom. The summed E-state index contributed by atoms with van der Waals surface area (Å²) in [6.45, 7) is 1.10. The normalized spacial score (nSPS) is 17.6. The molecule has 3 aromatic carbocycles. The summed E-state index contributed by atoms with van der Waals surface area (Å²) in [5.41, 5.74) is 6.89. The van der Waals surface area contributed by atoms with E-state index in [4.69, 9.17) is 0 Å². The van der Waals surface area contributed by atoms with Crippen LogP contribution in [0, 0.1) is 0 Å². The standard InChI is InChI=1S/C26H24N2O/c1-27-16-7-11-21-18-22(13-14-24(21)27)25-23-12-6-5-8-19(23)15-17-28(25)26(29)20-9-3-2-4-10-20/h2-6,8-10,12-15,17-18,25H,7,11,16H2,1H3/t25-/m0/s1. The van der Waals surface area contributed by atoms with Gasteiger partial charge in [-0.1, -0.05) is 54.6 Å². The Balaban J connectivity index is 1.62. The number of anilines is 1. The molecule has 3 nitrogen and oxygen atoms in total. The molecule has 2 heterocycles. The SMILES string of the molecule is CN1CCCc2cc([C@H]3c4ccccc4C=CN3C(=O)c3ccccc3)ccc21. The number of nitrogens with zero attached hydrogens (tertiary/aromatic N) is 2. The van der Waals surface area contributed by atoms with Gasteiger partial charge < -0.3 is 9.80 Å². The number of benzene rings is 3. The van der Waals surface area contributed by atoms with Gasteiger partial charge in [-0.15, -0.1) is 0 Å². The summed E-state index contributed by atoms with van der Waals surface area (Å²) in [5, 5.41) is 0. The summed E-state index contributed by atoms with van der Waals surface area (Å²) in [7, 11) is 2.15. The van der Waals surface area contributed by atoms with Crippen LogP contribution in [-0.4, -0.2) is 24.4 Å². The first-order chi connectivity index (χ1) is 14.2. The number of rotatable bonds is 2. The van der Waals surface area contributed by atoms with Crippen molar-refractivity contribution in [1.82, 2.24) is 4.90 Å².